The van der Waals surface area contributed by atoms with Gasteiger partial charge in [-0.05, 0) is 24.6 Å². The molecule has 0 heterocycles. The topological polar surface area (TPSA) is 138 Å². The van der Waals surface area contributed by atoms with Crippen molar-refractivity contribution in [2.75, 3.05) is 10.6 Å². The summed E-state index contributed by atoms with van der Waals surface area (Å²) in [5.74, 6) is -5.79. The third-order valence-corrected chi connectivity index (χ3v) is 8.83. The fraction of sp³-hybridized carbons (Fsp3) is 0.0435. The summed E-state index contributed by atoms with van der Waals surface area (Å²) in [6, 6.07) is 4.22. The van der Waals surface area contributed by atoms with Gasteiger partial charge in [0.1, 0.15) is 0 Å². The molecule has 0 radical (unpaired) electrons. The minimum atomic E-state index is -1.84. The van der Waals surface area contributed by atoms with E-state index in [1.54, 1.807) is 0 Å². The van der Waals surface area contributed by atoms with Crippen LogP contribution in [-0.4, -0.2) is 23.8 Å². The Bertz CT molecular complexity index is 1510. The number of carbonyl (C=O) groups is 4. The molecule has 0 saturated heterocycles. The number of benzene rings is 3. The van der Waals surface area contributed by atoms with Gasteiger partial charge in [0, 0.05) is 22.5 Å². The molecule has 0 bridgehead atoms. The molecule has 8 nitrogen and oxygen atoms in total. The van der Waals surface area contributed by atoms with E-state index in [0.29, 0.717) is 0 Å². The van der Waals surface area contributed by atoms with Crippen LogP contribution in [0.2, 0.25) is 40.2 Å². The van der Waals surface area contributed by atoms with Crippen LogP contribution in [0.3, 0.4) is 0 Å². The van der Waals surface area contributed by atoms with E-state index >= 15 is 0 Å². The second-order valence-electron chi connectivity index (χ2n) is 7.47. The van der Waals surface area contributed by atoms with E-state index in [1.165, 1.54) is 25.1 Å². The summed E-state index contributed by atoms with van der Waals surface area (Å²) in [6.07, 6.45) is 0. The Hall–Kier alpha value is -0.140. The predicted molar refractivity (Wildman–Crippen MR) is 149 cm³/mol. The Kier molecular flexibility index (Phi) is 14.9. The summed E-state index contributed by atoms with van der Waals surface area (Å²) in [6.45, 7) is 1.47. The molecule has 0 saturated carbocycles. The molecule has 0 atom stereocenters. The molecule has 3 aromatic carbocycles. The van der Waals surface area contributed by atoms with E-state index in [9.17, 15) is 29.4 Å². The van der Waals surface area contributed by atoms with E-state index in [1.807, 2.05) is 0 Å². The van der Waals surface area contributed by atoms with E-state index in [2.05, 4.69) is 10.6 Å². The zero-order chi connectivity index (χ0) is 29.5. The van der Waals surface area contributed by atoms with E-state index < -0.39 is 76.1 Å². The zero-order valence-electron chi connectivity index (χ0n) is 20.7. The first-order valence-corrected chi connectivity index (χ1v) is 13.0. The number of hydrogen-bond donors (Lipinski definition) is 2. The van der Waals surface area contributed by atoms with Crippen molar-refractivity contribution in [3.05, 3.63) is 86.2 Å². The van der Waals surface area contributed by atoms with Crippen LogP contribution in [0, 0.1) is 6.92 Å². The first kappa shape index (κ1) is 38.9. The van der Waals surface area contributed by atoms with Gasteiger partial charge in [-0.15, -0.1) is 0 Å². The molecule has 0 unspecified atom stereocenters. The summed E-state index contributed by atoms with van der Waals surface area (Å²) < 4.78 is 0. The van der Waals surface area contributed by atoms with Crippen LogP contribution in [-0.2, 0) is 0 Å². The van der Waals surface area contributed by atoms with Crippen molar-refractivity contribution in [1.29, 1.82) is 0 Å². The molecule has 204 valence electrons. The van der Waals surface area contributed by atoms with Crippen molar-refractivity contribution < 1.29 is 88.5 Å². The Morgan fingerprint density at radius 3 is 1.07 bits per heavy atom. The Morgan fingerprint density at radius 1 is 0.537 bits per heavy atom. The number of anilines is 2. The fourth-order valence-corrected chi connectivity index (χ4v) is 5.38. The number of carboxylic acids is 2. The Balaban J connectivity index is 0.00000420. The molecule has 0 aromatic heterocycles. The number of hydrogen-bond acceptors (Lipinski definition) is 6. The minimum absolute atomic E-state index is 0. The molecule has 0 aliphatic rings. The number of rotatable bonds is 6. The van der Waals surface area contributed by atoms with Crippen LogP contribution in [0.25, 0.3) is 0 Å². The zero-order valence-corrected chi connectivity index (χ0v) is 30.8. The maximum atomic E-state index is 13.1. The third kappa shape index (κ3) is 7.75. The molecular weight excluding hydrogens is 730 g/mol. The average Bonchev–Trinajstić information content (AvgIpc) is 2.87. The van der Waals surface area contributed by atoms with Crippen LogP contribution < -0.4 is 80.0 Å². The number of carboxylic acid groups (broad SMARTS) is 2. The van der Waals surface area contributed by atoms with Crippen LogP contribution in [0.1, 0.15) is 47.0 Å². The number of aromatic carboxylic acids is 2. The normalized spacial score (nSPS) is 10.3. The quantitative estimate of drug-likeness (QED) is 0.214. The van der Waals surface area contributed by atoms with Crippen LogP contribution in [0.5, 0.6) is 0 Å². The SMILES string of the molecule is Cc1c(NC(=O)c2c(Cl)c(Cl)c(Cl)c(Cl)c2C(=O)[O-])cccc1NC(=O)c1c(Cl)c(Cl)c(Cl)c(Cl)c1C(=O)[O-].[Na+].[Na+]. The van der Waals surface area contributed by atoms with Crippen molar-refractivity contribution in [2.24, 2.45) is 0 Å². The summed E-state index contributed by atoms with van der Waals surface area (Å²) in [5.41, 5.74) is -2.47. The molecule has 2 N–H and O–H groups in total. The smallest absolute Gasteiger partial charge is 0.545 e. The van der Waals surface area contributed by atoms with Gasteiger partial charge in [-0.2, -0.15) is 0 Å². The fourth-order valence-electron chi connectivity index (χ4n) is 3.35. The number of carbonyl (C=O) groups excluding carboxylic acids is 4. The largest absolute Gasteiger partial charge is 1.00 e. The number of halogens is 8. The van der Waals surface area contributed by atoms with Gasteiger partial charge in [-0.1, -0.05) is 98.9 Å². The van der Waals surface area contributed by atoms with Gasteiger partial charge in [0.15, 0.2) is 0 Å². The van der Waals surface area contributed by atoms with Crippen LogP contribution in [0.4, 0.5) is 11.4 Å². The molecular formula is C23H8Cl8N2Na2O6. The first-order chi connectivity index (χ1) is 18.1. The maximum absolute atomic E-state index is 13.1. The molecule has 0 fully saturated rings. The van der Waals surface area contributed by atoms with Crippen molar-refractivity contribution in [1.82, 2.24) is 0 Å². The Morgan fingerprint density at radius 2 is 0.805 bits per heavy atom. The molecule has 0 aliphatic carbocycles. The molecule has 18 heteroatoms. The molecule has 0 aliphatic heterocycles. The second kappa shape index (κ2) is 15.7. The summed E-state index contributed by atoms with van der Waals surface area (Å²) in [4.78, 5) is 49.6. The average molecular weight is 738 g/mol. The Labute approximate surface area is 316 Å². The van der Waals surface area contributed by atoms with Crippen LogP contribution >= 0.6 is 92.8 Å². The summed E-state index contributed by atoms with van der Waals surface area (Å²) >= 11 is 47.9. The van der Waals surface area contributed by atoms with E-state index in [-0.39, 0.29) is 86.1 Å². The number of amides is 2. The van der Waals surface area contributed by atoms with Gasteiger partial charge in [0.25, 0.3) is 11.8 Å². The molecule has 3 aromatic rings. The molecule has 0 spiro atoms. The van der Waals surface area contributed by atoms with Gasteiger partial charge >= 0.3 is 59.1 Å². The first-order valence-electron chi connectivity index (χ1n) is 9.98. The van der Waals surface area contributed by atoms with Crippen LogP contribution in [0.15, 0.2) is 18.2 Å². The van der Waals surface area contributed by atoms with Crippen molar-refractivity contribution in [3.63, 3.8) is 0 Å². The second-order valence-corrected chi connectivity index (χ2v) is 10.5. The minimum Gasteiger partial charge on any atom is -0.545 e. The summed E-state index contributed by atoms with van der Waals surface area (Å²) in [7, 11) is 0. The third-order valence-electron chi connectivity index (χ3n) is 5.23. The summed E-state index contributed by atoms with van der Waals surface area (Å²) in [5, 5.41) is 24.7. The van der Waals surface area contributed by atoms with E-state index in [4.69, 9.17) is 92.8 Å². The van der Waals surface area contributed by atoms with Gasteiger partial charge in [0.05, 0.1) is 63.2 Å². The van der Waals surface area contributed by atoms with Gasteiger partial charge in [-0.25, -0.2) is 0 Å². The van der Waals surface area contributed by atoms with Crippen molar-refractivity contribution >= 4 is 128 Å². The molecule has 3 rings (SSSR count). The van der Waals surface area contributed by atoms with Gasteiger partial charge in [-0.3, -0.25) is 9.59 Å². The van der Waals surface area contributed by atoms with Gasteiger partial charge < -0.3 is 30.4 Å². The molecule has 2 amide bonds. The maximum Gasteiger partial charge on any atom is 1.00 e. The van der Waals surface area contributed by atoms with Crippen molar-refractivity contribution in [3.8, 4) is 0 Å². The van der Waals surface area contributed by atoms with E-state index in [0.717, 1.165) is 0 Å². The predicted octanol–water partition coefficient (Wildman–Crippen LogP) is 0.462. The van der Waals surface area contributed by atoms with Crippen molar-refractivity contribution in [2.45, 2.75) is 6.92 Å². The number of nitrogens with one attached hydrogen (secondary N) is 2. The standard InChI is InChI=1S/C23H10Cl8N2O6.2Na/c1-5-6(32-20(34)8-10(22(36)37)14(26)18(30)16(28)12(8)24)3-2-4-7(5)33-21(35)9-11(23(38)39)15(27)19(31)17(29)13(9)25;;/h2-4H,1H3,(H,32,34)(H,33,35)(H,36,37)(H,38,39);;/q;2*+1/p-2. The monoisotopic (exact) mass is 734 g/mol. The molecule has 41 heavy (non-hydrogen) atoms. The van der Waals surface area contributed by atoms with Gasteiger partial charge in [0.2, 0.25) is 0 Å².